The molecule has 0 radical (unpaired) electrons. The van der Waals surface area contributed by atoms with Gasteiger partial charge in [-0.1, -0.05) is 12.1 Å². The monoisotopic (exact) mass is 309 g/mol. The van der Waals surface area contributed by atoms with E-state index in [1.165, 1.54) is 17.0 Å². The minimum Gasteiger partial charge on any atom is -0.805 e. The van der Waals surface area contributed by atoms with E-state index >= 15 is 0 Å². The van der Waals surface area contributed by atoms with Gasteiger partial charge in [0, 0.05) is 24.1 Å². The van der Waals surface area contributed by atoms with Gasteiger partial charge in [-0.2, -0.15) is 0 Å². The minimum absolute atomic E-state index is 0.0257. The Labute approximate surface area is 126 Å². The van der Waals surface area contributed by atoms with Crippen molar-refractivity contribution in [1.29, 1.82) is 0 Å². The van der Waals surface area contributed by atoms with Crippen LogP contribution in [0.15, 0.2) is 24.3 Å². The SMILES string of the molecule is CCN(CC)C(=O)c1c(CCl)n([O-])c2ccccc2[n+]1=O. The highest BCUT2D eigenvalue weighted by Crippen LogP contribution is 2.17. The molecule has 1 aromatic heterocycles. The van der Waals surface area contributed by atoms with Crippen LogP contribution in [0, 0.1) is 10.1 Å². The summed E-state index contributed by atoms with van der Waals surface area (Å²) >= 11 is 5.80. The molecule has 0 aliphatic rings. The van der Waals surface area contributed by atoms with Gasteiger partial charge in [0.2, 0.25) is 0 Å². The number of carbonyl (C=O) groups excluding carboxylic acids is 1. The van der Waals surface area contributed by atoms with E-state index in [2.05, 4.69) is 0 Å². The molecule has 7 heteroatoms. The Morgan fingerprint density at radius 1 is 1.33 bits per heavy atom. The number of aromatic nitrogens is 2. The molecule has 1 heterocycles. The number of rotatable bonds is 4. The summed E-state index contributed by atoms with van der Waals surface area (Å²) < 4.78 is 1.07. The van der Waals surface area contributed by atoms with E-state index < -0.39 is 5.91 Å². The second kappa shape index (κ2) is 6.13. The van der Waals surface area contributed by atoms with Gasteiger partial charge in [-0.25, -0.2) is 0 Å². The summed E-state index contributed by atoms with van der Waals surface area (Å²) in [5.74, 6) is -0.695. The largest absolute Gasteiger partial charge is 0.805 e. The molecule has 0 aliphatic carbocycles. The first-order valence-corrected chi connectivity index (χ1v) is 7.22. The van der Waals surface area contributed by atoms with Crippen LogP contribution in [0.25, 0.3) is 11.0 Å². The lowest BCUT2D eigenvalue weighted by atomic mass is 10.2. The summed E-state index contributed by atoms with van der Waals surface area (Å²) in [5.41, 5.74) is 0.112. The normalized spacial score (nSPS) is 10.8. The van der Waals surface area contributed by atoms with Gasteiger partial charge in [0.1, 0.15) is 11.2 Å². The third-order valence-corrected chi connectivity index (χ3v) is 3.67. The van der Waals surface area contributed by atoms with Crippen molar-refractivity contribution in [1.82, 2.24) is 9.63 Å². The maximum Gasteiger partial charge on any atom is 0.348 e. The molecule has 1 amide bonds. The van der Waals surface area contributed by atoms with E-state index in [9.17, 15) is 14.9 Å². The molecule has 0 fully saturated rings. The average Bonchev–Trinajstić information content (AvgIpc) is 2.51. The van der Waals surface area contributed by atoms with Gasteiger partial charge in [-0.15, -0.1) is 11.6 Å². The Hall–Kier alpha value is -2.08. The molecule has 0 N–H and O–H groups in total. The van der Waals surface area contributed by atoms with Crippen LogP contribution in [-0.2, 0) is 5.88 Å². The molecular formula is C14H16ClN3O3. The molecule has 0 unspecified atom stereocenters. The second-order valence-electron chi connectivity index (χ2n) is 4.48. The third kappa shape index (κ3) is 2.47. The number of benzene rings is 1. The van der Waals surface area contributed by atoms with Crippen LogP contribution in [0.4, 0.5) is 0 Å². The van der Waals surface area contributed by atoms with Crippen LogP contribution < -0.4 is 4.43 Å². The van der Waals surface area contributed by atoms with Gasteiger partial charge in [0.25, 0.3) is 5.52 Å². The lowest BCUT2D eigenvalue weighted by molar-refractivity contribution is -0.469. The highest BCUT2D eigenvalue weighted by molar-refractivity contribution is 6.17. The van der Waals surface area contributed by atoms with Gasteiger partial charge in [-0.05, 0) is 19.9 Å². The number of amides is 1. The van der Waals surface area contributed by atoms with Crippen molar-refractivity contribution in [3.05, 3.63) is 45.8 Å². The van der Waals surface area contributed by atoms with Crippen LogP contribution >= 0.6 is 11.6 Å². The molecule has 2 aromatic rings. The zero-order valence-electron chi connectivity index (χ0n) is 11.9. The number of para-hydroxylation sites is 2. The van der Waals surface area contributed by atoms with Crippen molar-refractivity contribution in [2.45, 2.75) is 19.7 Å². The molecule has 1 aromatic carbocycles. The van der Waals surface area contributed by atoms with Gasteiger partial charge >= 0.3 is 11.6 Å². The Morgan fingerprint density at radius 2 is 1.95 bits per heavy atom. The number of hydrogen-bond acceptors (Lipinski definition) is 3. The fourth-order valence-corrected chi connectivity index (χ4v) is 2.51. The zero-order valence-corrected chi connectivity index (χ0v) is 12.6. The number of carbonyl (C=O) groups is 1. The van der Waals surface area contributed by atoms with Gasteiger partial charge < -0.3 is 14.8 Å². The lowest BCUT2D eigenvalue weighted by Crippen LogP contribution is -2.40. The maximum atomic E-state index is 12.5. The first-order chi connectivity index (χ1) is 10.1. The number of halogens is 1. The summed E-state index contributed by atoms with van der Waals surface area (Å²) in [6.07, 6.45) is 0. The predicted molar refractivity (Wildman–Crippen MR) is 80.9 cm³/mol. The van der Waals surface area contributed by atoms with Crippen molar-refractivity contribution >= 4 is 28.5 Å². The smallest absolute Gasteiger partial charge is 0.348 e. The molecule has 0 spiro atoms. The third-order valence-electron chi connectivity index (χ3n) is 3.42. The van der Waals surface area contributed by atoms with Gasteiger partial charge in [0.05, 0.1) is 10.3 Å². The van der Waals surface area contributed by atoms with E-state index in [0.29, 0.717) is 22.2 Å². The van der Waals surface area contributed by atoms with Crippen molar-refractivity contribution in [2.75, 3.05) is 13.1 Å². The van der Waals surface area contributed by atoms with Gasteiger partial charge in [0.15, 0.2) is 0 Å². The zero-order chi connectivity index (χ0) is 15.6. The predicted octanol–water partition coefficient (Wildman–Crippen LogP) is 2.12. The first-order valence-electron chi connectivity index (χ1n) is 6.68. The molecule has 2 rings (SSSR count). The van der Waals surface area contributed by atoms with Crippen LogP contribution in [0.3, 0.4) is 0 Å². The molecule has 21 heavy (non-hydrogen) atoms. The van der Waals surface area contributed by atoms with Crippen molar-refractivity contribution < 1.29 is 9.22 Å². The molecule has 6 nitrogen and oxygen atoms in total. The highest BCUT2D eigenvalue weighted by Gasteiger charge is 2.31. The van der Waals surface area contributed by atoms with E-state index in [1.807, 2.05) is 13.8 Å². The first kappa shape index (κ1) is 15.3. The molecule has 112 valence electrons. The fourth-order valence-electron chi connectivity index (χ4n) is 2.28. The number of nitrogens with zero attached hydrogens (tertiary/aromatic N) is 3. The van der Waals surface area contributed by atoms with Gasteiger partial charge in [-0.3, -0.25) is 4.79 Å². The Morgan fingerprint density at radius 3 is 2.52 bits per heavy atom. The second-order valence-corrected chi connectivity index (χ2v) is 4.75. The Kier molecular flexibility index (Phi) is 4.47. The summed E-state index contributed by atoms with van der Waals surface area (Å²) in [7, 11) is 0. The van der Waals surface area contributed by atoms with Crippen LogP contribution in [0.5, 0.6) is 0 Å². The quantitative estimate of drug-likeness (QED) is 0.641. The molecular weight excluding hydrogens is 294 g/mol. The van der Waals surface area contributed by atoms with Crippen LogP contribution in [-0.4, -0.2) is 28.6 Å². The summed E-state index contributed by atoms with van der Waals surface area (Å²) in [6, 6.07) is 6.33. The lowest BCUT2D eigenvalue weighted by Gasteiger charge is -2.20. The number of alkyl halides is 1. The number of hydrogen-bond donors (Lipinski definition) is 0. The summed E-state index contributed by atoms with van der Waals surface area (Å²) in [4.78, 5) is 26.5. The maximum absolute atomic E-state index is 12.5. The topological polar surface area (TPSA) is 71.3 Å². The summed E-state index contributed by atoms with van der Waals surface area (Å²) in [6.45, 7) is 4.51. The Balaban J connectivity index is 2.82. The average molecular weight is 310 g/mol. The molecule has 0 saturated heterocycles. The molecule has 0 aliphatic heterocycles. The fraction of sp³-hybridized carbons (Fsp3) is 0.357. The van der Waals surface area contributed by atoms with Crippen molar-refractivity contribution in [2.24, 2.45) is 0 Å². The number of fused-ring (bicyclic) bond motifs is 1. The standard InChI is InChI=1S/C14H16ClN3O3/c1-3-16(4-2)14(19)13-12(9-15)17(20)10-7-5-6-8-11(10)18(13)21/h5-8H,3-4,9H2,1-2H3. The van der Waals surface area contributed by atoms with Crippen LogP contribution in [0.1, 0.15) is 30.0 Å². The molecule has 0 bridgehead atoms. The van der Waals surface area contributed by atoms with E-state index in [4.69, 9.17) is 11.6 Å². The van der Waals surface area contributed by atoms with E-state index in [1.54, 1.807) is 12.1 Å². The summed E-state index contributed by atoms with van der Waals surface area (Å²) in [5, 5.41) is 12.3. The van der Waals surface area contributed by atoms with Crippen molar-refractivity contribution in [3.63, 3.8) is 0 Å². The minimum atomic E-state index is -0.485. The van der Waals surface area contributed by atoms with E-state index in [-0.39, 0.29) is 28.3 Å². The van der Waals surface area contributed by atoms with Crippen molar-refractivity contribution in [3.8, 4) is 0 Å². The Bertz CT molecular complexity index is 738. The van der Waals surface area contributed by atoms with E-state index in [0.717, 1.165) is 0 Å². The highest BCUT2D eigenvalue weighted by atomic mass is 35.5. The molecule has 0 atom stereocenters. The molecule has 0 saturated carbocycles. The van der Waals surface area contributed by atoms with Crippen LogP contribution in [0.2, 0.25) is 0 Å².